The Hall–Kier alpha value is -1.07. The molecule has 1 N–H and O–H groups in total. The van der Waals surface area contributed by atoms with Crippen LogP contribution in [0.1, 0.15) is 40.0 Å². The summed E-state index contributed by atoms with van der Waals surface area (Å²) in [5.74, 6) is 0.185. The fourth-order valence-electron chi connectivity index (χ4n) is 2.81. The van der Waals surface area contributed by atoms with Crippen molar-refractivity contribution in [3.63, 3.8) is 0 Å². The van der Waals surface area contributed by atoms with Gasteiger partial charge in [-0.25, -0.2) is 8.42 Å². The summed E-state index contributed by atoms with van der Waals surface area (Å²) in [5, 5.41) is 3.41. The summed E-state index contributed by atoms with van der Waals surface area (Å²) in [6.45, 7) is 6.73. The molecule has 5 heteroatoms. The molecule has 1 atom stereocenters. The predicted octanol–water partition coefficient (Wildman–Crippen LogP) is 3.24. The average molecular weight is 311 g/mol. The van der Waals surface area contributed by atoms with Crippen LogP contribution in [0.3, 0.4) is 0 Å². The molecule has 118 valence electrons. The van der Waals surface area contributed by atoms with Crippen LogP contribution in [0.2, 0.25) is 0 Å². The Morgan fingerprint density at radius 3 is 2.71 bits per heavy atom. The number of hydrogen-bond acceptors (Lipinski definition) is 4. The number of sulfone groups is 1. The lowest BCUT2D eigenvalue weighted by Gasteiger charge is -2.36. The first kappa shape index (κ1) is 16.3. The summed E-state index contributed by atoms with van der Waals surface area (Å²) in [6, 6.07) is 7.44. The van der Waals surface area contributed by atoms with Crippen molar-refractivity contribution in [2.24, 2.45) is 0 Å². The second-order valence-electron chi connectivity index (χ2n) is 6.26. The Bertz CT molecular complexity index is 581. The molecule has 1 saturated heterocycles. The van der Waals surface area contributed by atoms with Crippen LogP contribution >= 0.6 is 0 Å². The summed E-state index contributed by atoms with van der Waals surface area (Å²) in [5.41, 5.74) is 0.557. The number of anilines is 1. The highest BCUT2D eigenvalue weighted by molar-refractivity contribution is 7.91. The Morgan fingerprint density at radius 1 is 1.33 bits per heavy atom. The molecule has 1 aliphatic rings. The molecule has 0 saturated carbocycles. The zero-order chi connectivity index (χ0) is 15.5. The Labute approximate surface area is 127 Å². The number of para-hydroxylation sites is 1. The lowest BCUT2D eigenvalue weighted by Crippen LogP contribution is -2.40. The predicted molar refractivity (Wildman–Crippen MR) is 85.5 cm³/mol. The number of benzene rings is 1. The SMILES string of the molecule is CCCS(=O)(=O)c1ccccc1NC1CCOC(C)(C)C1. The van der Waals surface area contributed by atoms with E-state index in [9.17, 15) is 8.42 Å². The van der Waals surface area contributed by atoms with Gasteiger partial charge in [-0.15, -0.1) is 0 Å². The number of nitrogens with one attached hydrogen (secondary N) is 1. The van der Waals surface area contributed by atoms with E-state index >= 15 is 0 Å². The second-order valence-corrected chi connectivity index (χ2v) is 8.33. The van der Waals surface area contributed by atoms with Crippen LogP contribution in [0.4, 0.5) is 5.69 Å². The molecule has 1 fully saturated rings. The van der Waals surface area contributed by atoms with E-state index in [0.717, 1.165) is 12.8 Å². The van der Waals surface area contributed by atoms with Gasteiger partial charge in [0.2, 0.25) is 0 Å². The normalized spacial score (nSPS) is 22.0. The maximum Gasteiger partial charge on any atom is 0.180 e. The van der Waals surface area contributed by atoms with E-state index < -0.39 is 9.84 Å². The number of rotatable bonds is 5. The Morgan fingerprint density at radius 2 is 2.05 bits per heavy atom. The van der Waals surface area contributed by atoms with Gasteiger partial charge >= 0.3 is 0 Å². The Kier molecular flexibility index (Phi) is 4.94. The smallest absolute Gasteiger partial charge is 0.180 e. The van der Waals surface area contributed by atoms with Crippen molar-refractivity contribution >= 4 is 15.5 Å². The van der Waals surface area contributed by atoms with E-state index in [1.54, 1.807) is 12.1 Å². The summed E-state index contributed by atoms with van der Waals surface area (Å²) in [7, 11) is -3.21. The molecule has 4 nitrogen and oxygen atoms in total. The number of hydrogen-bond donors (Lipinski definition) is 1. The third kappa shape index (κ3) is 4.20. The summed E-state index contributed by atoms with van der Waals surface area (Å²) >= 11 is 0. The van der Waals surface area contributed by atoms with Crippen molar-refractivity contribution in [3.05, 3.63) is 24.3 Å². The molecule has 0 radical (unpaired) electrons. The molecule has 1 aromatic carbocycles. The van der Waals surface area contributed by atoms with Gasteiger partial charge in [-0.05, 0) is 45.2 Å². The lowest BCUT2D eigenvalue weighted by molar-refractivity contribution is -0.0553. The highest BCUT2D eigenvalue weighted by atomic mass is 32.2. The van der Waals surface area contributed by atoms with E-state index in [1.165, 1.54) is 0 Å². The van der Waals surface area contributed by atoms with E-state index in [1.807, 2.05) is 19.1 Å². The fourth-order valence-corrected chi connectivity index (χ4v) is 4.32. The first-order chi connectivity index (χ1) is 9.84. The van der Waals surface area contributed by atoms with Crippen molar-refractivity contribution in [1.82, 2.24) is 0 Å². The van der Waals surface area contributed by atoms with Crippen molar-refractivity contribution in [2.75, 3.05) is 17.7 Å². The second kappa shape index (κ2) is 6.36. The first-order valence-electron chi connectivity index (χ1n) is 7.56. The molecule has 2 rings (SSSR count). The van der Waals surface area contributed by atoms with Crippen LogP contribution in [0.15, 0.2) is 29.2 Å². The molecule has 0 spiro atoms. The van der Waals surface area contributed by atoms with Crippen molar-refractivity contribution in [2.45, 2.75) is 56.6 Å². The van der Waals surface area contributed by atoms with Crippen molar-refractivity contribution in [1.29, 1.82) is 0 Å². The van der Waals surface area contributed by atoms with Gasteiger partial charge in [-0.2, -0.15) is 0 Å². The zero-order valence-corrected chi connectivity index (χ0v) is 13.9. The topological polar surface area (TPSA) is 55.4 Å². The van der Waals surface area contributed by atoms with Crippen molar-refractivity contribution < 1.29 is 13.2 Å². The fraction of sp³-hybridized carbons (Fsp3) is 0.625. The largest absolute Gasteiger partial charge is 0.381 e. The molecule has 1 aromatic rings. The van der Waals surface area contributed by atoms with Crippen LogP contribution in [-0.4, -0.2) is 32.4 Å². The minimum atomic E-state index is -3.21. The summed E-state index contributed by atoms with van der Waals surface area (Å²) in [6.07, 6.45) is 2.39. The molecule has 1 aliphatic heterocycles. The van der Waals surface area contributed by atoms with Gasteiger partial charge in [-0.1, -0.05) is 19.1 Å². The monoisotopic (exact) mass is 311 g/mol. The van der Waals surface area contributed by atoms with Gasteiger partial charge in [0.1, 0.15) is 0 Å². The molecule has 1 unspecified atom stereocenters. The van der Waals surface area contributed by atoms with Crippen LogP contribution in [0.5, 0.6) is 0 Å². The van der Waals surface area contributed by atoms with E-state index in [0.29, 0.717) is 23.6 Å². The standard InChI is InChI=1S/C16H25NO3S/c1-4-11-21(18,19)15-8-6-5-7-14(15)17-13-9-10-20-16(2,3)12-13/h5-8,13,17H,4,9-12H2,1-3H3. The molecule has 1 heterocycles. The van der Waals surface area contributed by atoms with Gasteiger partial charge in [0.25, 0.3) is 0 Å². The highest BCUT2D eigenvalue weighted by Crippen LogP contribution is 2.29. The lowest BCUT2D eigenvalue weighted by atomic mass is 9.94. The molecule has 21 heavy (non-hydrogen) atoms. The molecular formula is C16H25NO3S. The maximum absolute atomic E-state index is 12.4. The van der Waals surface area contributed by atoms with Crippen LogP contribution in [-0.2, 0) is 14.6 Å². The van der Waals surface area contributed by atoms with Crippen LogP contribution in [0, 0.1) is 0 Å². The van der Waals surface area contributed by atoms with Crippen LogP contribution in [0.25, 0.3) is 0 Å². The van der Waals surface area contributed by atoms with Gasteiger partial charge in [-0.3, -0.25) is 0 Å². The maximum atomic E-state index is 12.4. The van der Waals surface area contributed by atoms with Gasteiger partial charge in [0.05, 0.1) is 21.9 Å². The van der Waals surface area contributed by atoms with Crippen LogP contribution < -0.4 is 5.32 Å². The van der Waals surface area contributed by atoms with E-state index in [-0.39, 0.29) is 17.4 Å². The summed E-state index contributed by atoms with van der Waals surface area (Å²) in [4.78, 5) is 0.413. The summed E-state index contributed by atoms with van der Waals surface area (Å²) < 4.78 is 30.4. The molecule has 0 bridgehead atoms. The van der Waals surface area contributed by atoms with Gasteiger partial charge in [0, 0.05) is 12.6 Å². The third-order valence-electron chi connectivity index (χ3n) is 3.75. The molecule has 0 amide bonds. The van der Waals surface area contributed by atoms with E-state index in [2.05, 4.69) is 19.2 Å². The number of ether oxygens (including phenoxy) is 1. The minimum Gasteiger partial charge on any atom is -0.381 e. The van der Waals surface area contributed by atoms with Gasteiger partial charge < -0.3 is 10.1 Å². The first-order valence-corrected chi connectivity index (χ1v) is 9.21. The molecule has 0 aromatic heterocycles. The third-order valence-corrected chi connectivity index (χ3v) is 5.72. The zero-order valence-electron chi connectivity index (χ0n) is 13.1. The van der Waals surface area contributed by atoms with E-state index in [4.69, 9.17) is 4.74 Å². The minimum absolute atomic E-state index is 0.160. The molecular weight excluding hydrogens is 286 g/mol. The quantitative estimate of drug-likeness (QED) is 0.907. The van der Waals surface area contributed by atoms with Gasteiger partial charge in [0.15, 0.2) is 9.84 Å². The highest BCUT2D eigenvalue weighted by Gasteiger charge is 2.29. The molecule has 0 aliphatic carbocycles. The Balaban J connectivity index is 2.21. The average Bonchev–Trinajstić information content (AvgIpc) is 2.38. The van der Waals surface area contributed by atoms with Crippen molar-refractivity contribution in [3.8, 4) is 0 Å².